The molecule has 2 rings (SSSR count). The first-order valence-electron chi connectivity index (χ1n) is 7.18. The molecule has 0 bridgehead atoms. The summed E-state index contributed by atoms with van der Waals surface area (Å²) in [7, 11) is 2.05. The van der Waals surface area contributed by atoms with Crippen LogP contribution in [0.2, 0.25) is 0 Å². The second kappa shape index (κ2) is 7.83. The molecule has 0 amide bonds. The van der Waals surface area contributed by atoms with Gasteiger partial charge in [-0.2, -0.15) is 0 Å². The van der Waals surface area contributed by atoms with Crippen molar-refractivity contribution in [3.63, 3.8) is 0 Å². The zero-order valence-corrected chi connectivity index (χ0v) is 12.1. The van der Waals surface area contributed by atoms with Gasteiger partial charge in [0.2, 0.25) is 0 Å². The van der Waals surface area contributed by atoms with Crippen molar-refractivity contribution in [2.24, 2.45) is 0 Å². The number of rotatable bonds is 7. The van der Waals surface area contributed by atoms with Crippen molar-refractivity contribution in [2.45, 2.75) is 25.5 Å². The number of likely N-dealkylation sites (N-methyl/N-ethyl adjacent to an activating group) is 1. The van der Waals surface area contributed by atoms with Crippen molar-refractivity contribution in [1.29, 1.82) is 0 Å². The van der Waals surface area contributed by atoms with E-state index in [1.54, 1.807) is 0 Å². The molecule has 0 radical (unpaired) electrons. The molecule has 2 heteroatoms. The van der Waals surface area contributed by atoms with Gasteiger partial charge in [-0.15, -0.1) is 0 Å². The third-order valence-electron chi connectivity index (χ3n) is 3.43. The normalized spacial score (nSPS) is 12.6. The van der Waals surface area contributed by atoms with Crippen molar-refractivity contribution in [3.8, 4) is 0 Å². The molecule has 0 aliphatic carbocycles. The molecule has 2 aromatic rings. The monoisotopic (exact) mass is 269 g/mol. The molecular formula is C18H23NO. The van der Waals surface area contributed by atoms with E-state index >= 15 is 0 Å². The Morgan fingerprint density at radius 1 is 0.900 bits per heavy atom. The SMILES string of the molecule is CN(Cc1ccccc1)CC(O)CCc1ccccc1. The first-order valence-corrected chi connectivity index (χ1v) is 7.18. The Balaban J connectivity index is 1.72. The molecule has 106 valence electrons. The number of aliphatic hydroxyl groups is 1. The fourth-order valence-corrected chi connectivity index (χ4v) is 2.39. The minimum Gasteiger partial charge on any atom is -0.392 e. The van der Waals surface area contributed by atoms with Crippen LogP contribution >= 0.6 is 0 Å². The molecule has 1 N–H and O–H groups in total. The predicted molar refractivity (Wildman–Crippen MR) is 83.5 cm³/mol. The van der Waals surface area contributed by atoms with E-state index < -0.39 is 0 Å². The lowest BCUT2D eigenvalue weighted by molar-refractivity contribution is 0.115. The molecule has 0 aliphatic rings. The van der Waals surface area contributed by atoms with E-state index in [9.17, 15) is 5.11 Å². The molecule has 2 aromatic carbocycles. The van der Waals surface area contributed by atoms with Gasteiger partial charge in [0.1, 0.15) is 0 Å². The van der Waals surface area contributed by atoms with Gasteiger partial charge in [0, 0.05) is 13.1 Å². The van der Waals surface area contributed by atoms with Gasteiger partial charge in [-0.05, 0) is 31.0 Å². The maximum atomic E-state index is 10.1. The summed E-state index contributed by atoms with van der Waals surface area (Å²) in [4.78, 5) is 2.17. The number of benzene rings is 2. The minimum atomic E-state index is -0.274. The summed E-state index contributed by atoms with van der Waals surface area (Å²) in [5.41, 5.74) is 2.57. The number of nitrogens with zero attached hydrogens (tertiary/aromatic N) is 1. The lowest BCUT2D eigenvalue weighted by Crippen LogP contribution is -2.29. The van der Waals surface area contributed by atoms with E-state index in [2.05, 4.69) is 48.3 Å². The van der Waals surface area contributed by atoms with Gasteiger partial charge in [0.05, 0.1) is 6.10 Å². The Kier molecular flexibility index (Phi) is 5.78. The standard InChI is InChI=1S/C18H23NO/c1-19(14-17-10-6-3-7-11-17)15-18(20)13-12-16-8-4-2-5-9-16/h2-11,18,20H,12-15H2,1H3. The molecule has 0 saturated carbocycles. The number of aliphatic hydroxyl groups excluding tert-OH is 1. The summed E-state index contributed by atoms with van der Waals surface area (Å²) in [6.45, 7) is 1.59. The van der Waals surface area contributed by atoms with Gasteiger partial charge in [0.25, 0.3) is 0 Å². The Morgan fingerprint density at radius 2 is 1.45 bits per heavy atom. The Morgan fingerprint density at radius 3 is 2.05 bits per heavy atom. The largest absolute Gasteiger partial charge is 0.392 e. The van der Waals surface area contributed by atoms with Crippen LogP contribution in [0, 0.1) is 0 Å². The highest BCUT2D eigenvalue weighted by molar-refractivity contribution is 5.15. The van der Waals surface area contributed by atoms with Crippen molar-refractivity contribution < 1.29 is 5.11 Å². The van der Waals surface area contributed by atoms with Crippen LogP contribution in [-0.4, -0.2) is 29.7 Å². The van der Waals surface area contributed by atoms with Gasteiger partial charge >= 0.3 is 0 Å². The molecule has 0 aliphatic heterocycles. The first kappa shape index (κ1) is 14.8. The van der Waals surface area contributed by atoms with Gasteiger partial charge in [0.15, 0.2) is 0 Å². The van der Waals surface area contributed by atoms with Crippen LogP contribution in [0.25, 0.3) is 0 Å². The highest BCUT2D eigenvalue weighted by Crippen LogP contribution is 2.08. The van der Waals surface area contributed by atoms with Crippen LogP contribution in [0.3, 0.4) is 0 Å². The molecule has 2 nitrogen and oxygen atoms in total. The van der Waals surface area contributed by atoms with Crippen molar-refractivity contribution in [1.82, 2.24) is 4.90 Å². The van der Waals surface area contributed by atoms with Crippen LogP contribution in [-0.2, 0) is 13.0 Å². The Labute approximate surface area is 121 Å². The molecule has 0 aromatic heterocycles. The minimum absolute atomic E-state index is 0.274. The van der Waals surface area contributed by atoms with E-state index in [1.807, 2.05) is 24.3 Å². The number of hydrogen-bond donors (Lipinski definition) is 1. The summed E-state index contributed by atoms with van der Waals surface area (Å²) < 4.78 is 0. The molecule has 0 heterocycles. The highest BCUT2D eigenvalue weighted by Gasteiger charge is 2.08. The molecule has 0 fully saturated rings. The van der Waals surface area contributed by atoms with Crippen molar-refractivity contribution in [2.75, 3.05) is 13.6 Å². The van der Waals surface area contributed by atoms with Crippen LogP contribution in [0.15, 0.2) is 60.7 Å². The Hall–Kier alpha value is -1.64. The van der Waals surface area contributed by atoms with Crippen LogP contribution < -0.4 is 0 Å². The zero-order valence-electron chi connectivity index (χ0n) is 12.1. The number of aryl methyl sites for hydroxylation is 1. The summed E-state index contributed by atoms with van der Waals surface area (Å²) in [5.74, 6) is 0. The fourth-order valence-electron chi connectivity index (χ4n) is 2.39. The second-order valence-electron chi connectivity index (χ2n) is 5.36. The van der Waals surface area contributed by atoms with E-state index in [0.717, 1.165) is 19.4 Å². The smallest absolute Gasteiger partial charge is 0.0670 e. The summed E-state index contributed by atoms with van der Waals surface area (Å²) in [6, 6.07) is 20.7. The predicted octanol–water partition coefficient (Wildman–Crippen LogP) is 3.11. The average Bonchev–Trinajstić information content (AvgIpc) is 2.47. The van der Waals surface area contributed by atoms with E-state index in [0.29, 0.717) is 6.54 Å². The number of hydrogen-bond acceptors (Lipinski definition) is 2. The van der Waals surface area contributed by atoms with Gasteiger partial charge < -0.3 is 5.11 Å². The van der Waals surface area contributed by atoms with Crippen LogP contribution in [0.1, 0.15) is 17.5 Å². The maximum Gasteiger partial charge on any atom is 0.0670 e. The average molecular weight is 269 g/mol. The third-order valence-corrected chi connectivity index (χ3v) is 3.43. The Bertz CT molecular complexity index is 483. The maximum absolute atomic E-state index is 10.1. The molecule has 0 saturated heterocycles. The van der Waals surface area contributed by atoms with Gasteiger partial charge in [-0.1, -0.05) is 60.7 Å². The van der Waals surface area contributed by atoms with E-state index in [-0.39, 0.29) is 6.10 Å². The fraction of sp³-hybridized carbons (Fsp3) is 0.333. The first-order chi connectivity index (χ1) is 9.74. The van der Waals surface area contributed by atoms with Crippen LogP contribution in [0.5, 0.6) is 0 Å². The molecular weight excluding hydrogens is 246 g/mol. The third kappa shape index (κ3) is 5.16. The quantitative estimate of drug-likeness (QED) is 0.835. The lowest BCUT2D eigenvalue weighted by atomic mass is 10.1. The second-order valence-corrected chi connectivity index (χ2v) is 5.36. The zero-order chi connectivity index (χ0) is 14.2. The lowest BCUT2D eigenvalue weighted by Gasteiger charge is -2.20. The van der Waals surface area contributed by atoms with Gasteiger partial charge in [-0.25, -0.2) is 0 Å². The molecule has 1 atom stereocenters. The summed E-state index contributed by atoms with van der Waals surface area (Å²) in [6.07, 6.45) is 1.47. The molecule has 1 unspecified atom stereocenters. The molecule has 0 spiro atoms. The van der Waals surface area contributed by atoms with Crippen molar-refractivity contribution in [3.05, 3.63) is 71.8 Å². The summed E-state index contributed by atoms with van der Waals surface area (Å²) in [5, 5.41) is 10.1. The van der Waals surface area contributed by atoms with E-state index in [1.165, 1.54) is 11.1 Å². The summed E-state index contributed by atoms with van der Waals surface area (Å²) >= 11 is 0. The van der Waals surface area contributed by atoms with Crippen LogP contribution in [0.4, 0.5) is 0 Å². The van der Waals surface area contributed by atoms with E-state index in [4.69, 9.17) is 0 Å². The van der Waals surface area contributed by atoms with Crippen molar-refractivity contribution >= 4 is 0 Å². The van der Waals surface area contributed by atoms with Gasteiger partial charge in [-0.3, -0.25) is 4.90 Å². The topological polar surface area (TPSA) is 23.5 Å². The molecule has 20 heavy (non-hydrogen) atoms. The highest BCUT2D eigenvalue weighted by atomic mass is 16.3.